The van der Waals surface area contributed by atoms with Crippen LogP contribution >= 0.6 is 27.3 Å². The van der Waals surface area contributed by atoms with Gasteiger partial charge in [-0.1, -0.05) is 35.0 Å². The lowest BCUT2D eigenvalue weighted by Gasteiger charge is -2.16. The number of carbonyl (C=O) groups is 1. The molecule has 1 aromatic carbocycles. The van der Waals surface area contributed by atoms with E-state index in [1.165, 1.54) is 11.3 Å². The Morgan fingerprint density at radius 1 is 1.45 bits per heavy atom. The van der Waals surface area contributed by atoms with E-state index in [0.29, 0.717) is 12.2 Å². The highest BCUT2D eigenvalue weighted by atomic mass is 79.9. The van der Waals surface area contributed by atoms with E-state index in [1.54, 1.807) is 5.38 Å². The predicted octanol–water partition coefficient (Wildman–Crippen LogP) is 3.25. The second-order valence-electron chi connectivity index (χ2n) is 4.32. The van der Waals surface area contributed by atoms with Crippen molar-refractivity contribution in [2.45, 2.75) is 25.9 Å². The first-order chi connectivity index (χ1) is 9.63. The van der Waals surface area contributed by atoms with Gasteiger partial charge in [0.1, 0.15) is 10.7 Å². The number of benzene rings is 1. The van der Waals surface area contributed by atoms with Crippen molar-refractivity contribution in [2.75, 3.05) is 0 Å². The van der Waals surface area contributed by atoms with Gasteiger partial charge in [-0.3, -0.25) is 4.79 Å². The lowest BCUT2D eigenvalue weighted by molar-refractivity contribution is 0.0931. The van der Waals surface area contributed by atoms with Crippen molar-refractivity contribution in [1.82, 2.24) is 10.3 Å². The molecule has 2 aromatic rings. The van der Waals surface area contributed by atoms with Gasteiger partial charge in [-0.05, 0) is 24.1 Å². The van der Waals surface area contributed by atoms with Gasteiger partial charge in [-0.2, -0.15) is 0 Å². The Bertz CT molecular complexity index is 582. The van der Waals surface area contributed by atoms with E-state index in [2.05, 4.69) is 26.2 Å². The van der Waals surface area contributed by atoms with E-state index in [4.69, 9.17) is 5.73 Å². The molecule has 106 valence electrons. The van der Waals surface area contributed by atoms with Crippen molar-refractivity contribution in [3.05, 3.63) is 50.4 Å². The molecule has 1 amide bonds. The molecule has 0 saturated heterocycles. The first-order valence-corrected chi connectivity index (χ1v) is 8.02. The van der Waals surface area contributed by atoms with E-state index >= 15 is 0 Å². The summed E-state index contributed by atoms with van der Waals surface area (Å²) >= 11 is 4.81. The summed E-state index contributed by atoms with van der Waals surface area (Å²) in [5, 5.41) is 5.52. The SMILES string of the molecule is CCC(NC(=O)c1csc(CN)n1)c1ccc(Br)cc1. The molecule has 6 heteroatoms. The number of thiazole rings is 1. The van der Waals surface area contributed by atoms with E-state index in [-0.39, 0.29) is 11.9 Å². The first kappa shape index (κ1) is 15.2. The summed E-state index contributed by atoms with van der Waals surface area (Å²) in [6.45, 7) is 2.40. The molecule has 0 saturated carbocycles. The van der Waals surface area contributed by atoms with Crippen molar-refractivity contribution in [1.29, 1.82) is 0 Å². The zero-order valence-electron chi connectivity index (χ0n) is 11.1. The average Bonchev–Trinajstić information content (AvgIpc) is 2.94. The Morgan fingerprint density at radius 3 is 2.70 bits per heavy atom. The van der Waals surface area contributed by atoms with Crippen LogP contribution in [-0.4, -0.2) is 10.9 Å². The second kappa shape index (κ2) is 6.97. The molecule has 1 atom stereocenters. The fraction of sp³-hybridized carbons (Fsp3) is 0.286. The minimum absolute atomic E-state index is 0.0152. The topological polar surface area (TPSA) is 68.0 Å². The number of amides is 1. The van der Waals surface area contributed by atoms with Gasteiger partial charge in [0.15, 0.2) is 0 Å². The van der Waals surface area contributed by atoms with Gasteiger partial charge in [0.25, 0.3) is 5.91 Å². The third kappa shape index (κ3) is 3.65. The van der Waals surface area contributed by atoms with Crippen LogP contribution in [0.1, 0.15) is 40.4 Å². The van der Waals surface area contributed by atoms with Crippen LogP contribution in [0.25, 0.3) is 0 Å². The number of nitrogens with one attached hydrogen (secondary N) is 1. The highest BCUT2D eigenvalue weighted by Crippen LogP contribution is 2.20. The fourth-order valence-electron chi connectivity index (χ4n) is 1.86. The molecule has 20 heavy (non-hydrogen) atoms. The molecule has 2 rings (SSSR count). The van der Waals surface area contributed by atoms with Crippen molar-refractivity contribution in [2.24, 2.45) is 5.73 Å². The van der Waals surface area contributed by atoms with Crippen molar-refractivity contribution >= 4 is 33.2 Å². The fourth-order valence-corrected chi connectivity index (χ4v) is 2.78. The Kier molecular flexibility index (Phi) is 5.28. The number of nitrogens with zero attached hydrogens (tertiary/aromatic N) is 1. The van der Waals surface area contributed by atoms with E-state index in [9.17, 15) is 4.79 Å². The monoisotopic (exact) mass is 353 g/mol. The van der Waals surface area contributed by atoms with Crippen LogP contribution < -0.4 is 11.1 Å². The molecule has 0 radical (unpaired) electrons. The maximum atomic E-state index is 12.2. The van der Waals surface area contributed by atoms with Gasteiger partial charge in [-0.25, -0.2) is 4.98 Å². The van der Waals surface area contributed by atoms with Gasteiger partial charge in [-0.15, -0.1) is 11.3 Å². The molecule has 1 heterocycles. The van der Waals surface area contributed by atoms with Crippen LogP contribution in [0.4, 0.5) is 0 Å². The molecule has 0 aliphatic heterocycles. The number of hydrogen-bond donors (Lipinski definition) is 2. The quantitative estimate of drug-likeness (QED) is 0.866. The Balaban J connectivity index is 2.09. The second-order valence-corrected chi connectivity index (χ2v) is 6.17. The molecule has 0 fully saturated rings. The third-order valence-electron chi connectivity index (χ3n) is 2.94. The average molecular weight is 354 g/mol. The molecular formula is C14H16BrN3OS. The maximum Gasteiger partial charge on any atom is 0.271 e. The highest BCUT2D eigenvalue weighted by molar-refractivity contribution is 9.10. The molecule has 0 spiro atoms. The number of rotatable bonds is 5. The van der Waals surface area contributed by atoms with E-state index in [0.717, 1.165) is 21.5 Å². The van der Waals surface area contributed by atoms with Gasteiger partial charge in [0.05, 0.1) is 6.04 Å². The molecule has 1 unspecified atom stereocenters. The molecule has 0 bridgehead atoms. The Morgan fingerprint density at radius 2 is 2.15 bits per heavy atom. The smallest absolute Gasteiger partial charge is 0.271 e. The number of halogens is 1. The standard InChI is InChI=1S/C14H16BrN3OS/c1-2-11(9-3-5-10(15)6-4-9)18-14(19)12-8-20-13(7-16)17-12/h3-6,8,11H,2,7,16H2,1H3,(H,18,19). The maximum absolute atomic E-state index is 12.2. The Labute approximate surface area is 130 Å². The van der Waals surface area contributed by atoms with Crippen molar-refractivity contribution in [3.8, 4) is 0 Å². The number of carbonyl (C=O) groups excluding carboxylic acids is 1. The van der Waals surface area contributed by atoms with Gasteiger partial charge >= 0.3 is 0 Å². The molecular weight excluding hydrogens is 338 g/mol. The van der Waals surface area contributed by atoms with Crippen LogP contribution in [-0.2, 0) is 6.54 Å². The summed E-state index contributed by atoms with van der Waals surface area (Å²) in [6.07, 6.45) is 0.821. The van der Waals surface area contributed by atoms with Crippen LogP contribution in [0.15, 0.2) is 34.1 Å². The lowest BCUT2D eigenvalue weighted by atomic mass is 10.0. The van der Waals surface area contributed by atoms with E-state index < -0.39 is 0 Å². The summed E-state index contributed by atoms with van der Waals surface area (Å²) < 4.78 is 1.02. The van der Waals surface area contributed by atoms with Crippen LogP contribution in [0, 0.1) is 0 Å². The number of aromatic nitrogens is 1. The Hall–Kier alpha value is -1.24. The zero-order valence-corrected chi connectivity index (χ0v) is 13.5. The van der Waals surface area contributed by atoms with Gasteiger partial charge < -0.3 is 11.1 Å². The first-order valence-electron chi connectivity index (χ1n) is 6.34. The summed E-state index contributed by atoms with van der Waals surface area (Å²) in [6, 6.07) is 7.94. The van der Waals surface area contributed by atoms with Crippen LogP contribution in [0.5, 0.6) is 0 Å². The molecule has 0 aliphatic carbocycles. The van der Waals surface area contributed by atoms with Crippen LogP contribution in [0.3, 0.4) is 0 Å². The predicted molar refractivity (Wildman–Crippen MR) is 84.6 cm³/mol. The van der Waals surface area contributed by atoms with E-state index in [1.807, 2.05) is 31.2 Å². The van der Waals surface area contributed by atoms with Gasteiger partial charge in [0.2, 0.25) is 0 Å². The highest BCUT2D eigenvalue weighted by Gasteiger charge is 2.16. The summed E-state index contributed by atoms with van der Waals surface area (Å²) in [5.74, 6) is -0.157. The molecule has 3 N–H and O–H groups in total. The summed E-state index contributed by atoms with van der Waals surface area (Å²) in [5.41, 5.74) is 7.03. The van der Waals surface area contributed by atoms with Crippen molar-refractivity contribution < 1.29 is 4.79 Å². The van der Waals surface area contributed by atoms with Crippen molar-refractivity contribution in [3.63, 3.8) is 0 Å². The number of hydrogen-bond acceptors (Lipinski definition) is 4. The van der Waals surface area contributed by atoms with Gasteiger partial charge in [0, 0.05) is 16.4 Å². The minimum atomic E-state index is -0.157. The lowest BCUT2D eigenvalue weighted by Crippen LogP contribution is -2.28. The van der Waals surface area contributed by atoms with Crippen LogP contribution in [0.2, 0.25) is 0 Å². The molecule has 1 aromatic heterocycles. The largest absolute Gasteiger partial charge is 0.344 e. The molecule has 4 nitrogen and oxygen atoms in total. The molecule has 0 aliphatic rings. The third-order valence-corrected chi connectivity index (χ3v) is 4.34. The number of nitrogens with two attached hydrogens (primary N) is 1. The summed E-state index contributed by atoms with van der Waals surface area (Å²) in [4.78, 5) is 16.4. The zero-order chi connectivity index (χ0) is 14.5. The normalized spacial score (nSPS) is 12.2. The summed E-state index contributed by atoms with van der Waals surface area (Å²) in [7, 11) is 0. The minimum Gasteiger partial charge on any atom is -0.344 e.